The summed E-state index contributed by atoms with van der Waals surface area (Å²) in [4.78, 5) is 15.3. The zero-order valence-electron chi connectivity index (χ0n) is 30.3. The van der Waals surface area contributed by atoms with E-state index in [2.05, 4.69) is 156 Å². The Morgan fingerprint density at radius 2 is 1.30 bits per heavy atom. The maximum Gasteiger partial charge on any atom is 0.165 e. The van der Waals surface area contributed by atoms with Crippen LogP contribution in [0.2, 0.25) is 0 Å². The molecule has 0 unspecified atom stereocenters. The molecule has 0 saturated carbocycles. The molecule has 9 aromatic rings. The number of fused-ring (bicyclic) bond motifs is 7. The summed E-state index contributed by atoms with van der Waals surface area (Å²) in [5.41, 5.74) is 10.7. The van der Waals surface area contributed by atoms with Crippen molar-refractivity contribution in [3.05, 3.63) is 187 Å². The Balaban J connectivity index is 1.07. The highest BCUT2D eigenvalue weighted by atomic mass is 32.1. The van der Waals surface area contributed by atoms with E-state index in [9.17, 15) is 0 Å². The molecule has 3 heterocycles. The molecule has 0 radical (unpaired) electrons. The van der Waals surface area contributed by atoms with Gasteiger partial charge < -0.3 is 4.57 Å². The molecule has 3 aromatic heterocycles. The van der Waals surface area contributed by atoms with Crippen molar-refractivity contribution in [2.75, 3.05) is 0 Å². The number of para-hydroxylation sites is 1. The predicted molar refractivity (Wildman–Crippen MR) is 234 cm³/mol. The van der Waals surface area contributed by atoms with E-state index >= 15 is 0 Å². The minimum atomic E-state index is 0.620. The number of rotatable bonds is 6. The van der Waals surface area contributed by atoms with Crippen LogP contribution in [0, 0.1) is 11.8 Å². The van der Waals surface area contributed by atoms with Gasteiger partial charge in [-0.25, -0.2) is 15.0 Å². The Hall–Kier alpha value is -7.13. The lowest BCUT2D eigenvalue weighted by molar-refractivity contribution is 1.03. The quantitative estimate of drug-likeness (QED) is 0.160. The van der Waals surface area contributed by atoms with Crippen molar-refractivity contribution < 1.29 is 0 Å². The smallest absolute Gasteiger partial charge is 0.165 e. The van der Waals surface area contributed by atoms with E-state index in [-0.39, 0.29) is 0 Å². The SMILES string of the molecule is C1#CC(C2=CC=CC2)=C(c2nc(-c3ccccc3)nc(-c3cccc(-c4cccc(-n5c6ccccc6c6ccc7sc8ccccc8c7c65)c4)c3)n2)C=CC1. The predicted octanol–water partition coefficient (Wildman–Crippen LogP) is 12.9. The van der Waals surface area contributed by atoms with Gasteiger partial charge in [0.25, 0.3) is 0 Å². The van der Waals surface area contributed by atoms with Crippen LogP contribution in [0.1, 0.15) is 18.7 Å². The summed E-state index contributed by atoms with van der Waals surface area (Å²) in [7, 11) is 0. The van der Waals surface area contributed by atoms with E-state index < -0.39 is 0 Å². The van der Waals surface area contributed by atoms with Gasteiger partial charge in [0, 0.05) is 65.3 Å². The standard InChI is InChI=1S/C51H32N4S/c1-3-17-34(18-4-1)49-52-50(54-51(53-49)42-25-6-2-5-23-39(42)33-15-7-8-16-33)37-21-13-19-35(31-37)36-20-14-22-38(32-36)55-44-27-11-9-24-40(44)41-29-30-46-47(48(41)55)43-26-10-12-28-45(43)56-46/h1,3-4,6-15,17-22,24-32H,2,16H2. The summed E-state index contributed by atoms with van der Waals surface area (Å²) in [6.07, 6.45) is 12.1. The maximum absolute atomic E-state index is 5.18. The van der Waals surface area contributed by atoms with Gasteiger partial charge in [-0.2, -0.15) is 0 Å². The fraction of sp³-hybridized carbons (Fsp3) is 0.0392. The van der Waals surface area contributed by atoms with Gasteiger partial charge in [-0.15, -0.1) is 11.3 Å². The zero-order chi connectivity index (χ0) is 37.0. The third-order valence-corrected chi connectivity index (χ3v) is 11.9. The van der Waals surface area contributed by atoms with Crippen molar-refractivity contribution in [2.45, 2.75) is 12.8 Å². The van der Waals surface area contributed by atoms with Crippen LogP contribution in [0.5, 0.6) is 0 Å². The average molecular weight is 733 g/mol. The second-order valence-electron chi connectivity index (χ2n) is 14.1. The van der Waals surface area contributed by atoms with Crippen molar-refractivity contribution in [1.82, 2.24) is 19.5 Å². The van der Waals surface area contributed by atoms with Crippen LogP contribution in [0.15, 0.2) is 181 Å². The normalized spacial score (nSPS) is 13.8. The van der Waals surface area contributed by atoms with Crippen LogP contribution in [0.4, 0.5) is 0 Å². The zero-order valence-corrected chi connectivity index (χ0v) is 31.1. The molecule has 0 saturated heterocycles. The van der Waals surface area contributed by atoms with Gasteiger partial charge in [0.1, 0.15) is 0 Å². The lowest BCUT2D eigenvalue weighted by Gasteiger charge is -2.13. The van der Waals surface area contributed by atoms with Crippen LogP contribution < -0.4 is 0 Å². The van der Waals surface area contributed by atoms with Gasteiger partial charge in [0.05, 0.1) is 11.0 Å². The molecule has 0 bridgehead atoms. The van der Waals surface area contributed by atoms with Gasteiger partial charge >= 0.3 is 0 Å². The molecule has 5 heteroatoms. The van der Waals surface area contributed by atoms with E-state index in [1.54, 1.807) is 0 Å². The van der Waals surface area contributed by atoms with Gasteiger partial charge in [0.15, 0.2) is 17.5 Å². The van der Waals surface area contributed by atoms with E-state index in [1.807, 2.05) is 41.7 Å². The molecule has 6 aromatic carbocycles. The van der Waals surface area contributed by atoms with Gasteiger partial charge in [-0.3, -0.25) is 0 Å². The first-order valence-electron chi connectivity index (χ1n) is 18.9. The molecule has 2 aliphatic carbocycles. The summed E-state index contributed by atoms with van der Waals surface area (Å²) < 4.78 is 5.05. The number of benzene rings is 6. The molecule has 0 N–H and O–H groups in total. The van der Waals surface area contributed by atoms with E-state index in [1.165, 1.54) is 47.6 Å². The van der Waals surface area contributed by atoms with E-state index in [0.717, 1.165) is 45.5 Å². The van der Waals surface area contributed by atoms with Crippen LogP contribution >= 0.6 is 11.3 Å². The van der Waals surface area contributed by atoms with E-state index in [4.69, 9.17) is 15.0 Å². The lowest BCUT2D eigenvalue weighted by Crippen LogP contribution is -2.04. The monoisotopic (exact) mass is 732 g/mol. The molecule has 4 nitrogen and oxygen atoms in total. The Bertz CT molecular complexity index is 3250. The molecule has 262 valence electrons. The summed E-state index contributed by atoms with van der Waals surface area (Å²) in [6.45, 7) is 0. The van der Waals surface area contributed by atoms with Crippen molar-refractivity contribution in [2.24, 2.45) is 0 Å². The molecule has 56 heavy (non-hydrogen) atoms. The average Bonchev–Trinajstić information content (AvgIpc) is 3.96. The fourth-order valence-corrected chi connectivity index (χ4v) is 9.24. The Morgan fingerprint density at radius 1 is 0.571 bits per heavy atom. The third-order valence-electron chi connectivity index (χ3n) is 10.7. The number of allylic oxidation sites excluding steroid dienone is 8. The minimum absolute atomic E-state index is 0.620. The molecule has 0 aliphatic heterocycles. The highest BCUT2D eigenvalue weighted by Crippen LogP contribution is 2.43. The second-order valence-corrected chi connectivity index (χ2v) is 15.2. The van der Waals surface area contributed by atoms with E-state index in [0.29, 0.717) is 23.9 Å². The van der Waals surface area contributed by atoms with Crippen molar-refractivity contribution >= 4 is 58.9 Å². The second kappa shape index (κ2) is 13.3. The summed E-state index contributed by atoms with van der Waals surface area (Å²) in [6, 6.07) is 49.7. The number of aromatic nitrogens is 4. The molecule has 0 atom stereocenters. The van der Waals surface area contributed by atoms with Crippen LogP contribution in [0.25, 0.3) is 87.1 Å². The molecule has 2 aliphatic rings. The summed E-state index contributed by atoms with van der Waals surface area (Å²) in [5, 5.41) is 5.11. The number of nitrogens with zero attached hydrogens (tertiary/aromatic N) is 4. The summed E-state index contributed by atoms with van der Waals surface area (Å²) in [5.74, 6) is 8.61. The minimum Gasteiger partial charge on any atom is -0.309 e. The molecular weight excluding hydrogens is 701 g/mol. The molecule has 11 rings (SSSR count). The number of thiophene rings is 1. The van der Waals surface area contributed by atoms with Crippen molar-refractivity contribution in [1.29, 1.82) is 0 Å². The van der Waals surface area contributed by atoms with Crippen LogP contribution in [-0.4, -0.2) is 19.5 Å². The summed E-state index contributed by atoms with van der Waals surface area (Å²) >= 11 is 1.86. The Labute approximate surface area is 328 Å². The highest BCUT2D eigenvalue weighted by molar-refractivity contribution is 7.26. The van der Waals surface area contributed by atoms with Crippen molar-refractivity contribution in [3.63, 3.8) is 0 Å². The number of hydrogen-bond acceptors (Lipinski definition) is 4. The van der Waals surface area contributed by atoms with Crippen molar-refractivity contribution in [3.8, 4) is 51.4 Å². The first-order chi connectivity index (χ1) is 27.8. The topological polar surface area (TPSA) is 43.6 Å². The first kappa shape index (κ1) is 32.3. The maximum atomic E-state index is 5.18. The highest BCUT2D eigenvalue weighted by Gasteiger charge is 2.20. The molecule has 0 fully saturated rings. The van der Waals surface area contributed by atoms with Gasteiger partial charge in [-0.05, 0) is 59.5 Å². The Kier molecular flexibility index (Phi) is 7.68. The lowest BCUT2D eigenvalue weighted by atomic mass is 9.98. The molecule has 0 spiro atoms. The van der Waals surface area contributed by atoms with Gasteiger partial charge in [0.2, 0.25) is 0 Å². The number of hydrogen-bond donors (Lipinski definition) is 0. The molecular formula is C51H32N4S. The third kappa shape index (κ3) is 5.42. The Morgan fingerprint density at radius 3 is 2.18 bits per heavy atom. The van der Waals surface area contributed by atoms with Gasteiger partial charge in [-0.1, -0.05) is 145 Å². The van der Waals surface area contributed by atoms with Crippen LogP contribution in [0.3, 0.4) is 0 Å². The first-order valence-corrected chi connectivity index (χ1v) is 19.7. The molecule has 0 amide bonds. The fourth-order valence-electron chi connectivity index (χ4n) is 8.14. The van der Waals surface area contributed by atoms with Crippen LogP contribution in [-0.2, 0) is 0 Å². The largest absolute Gasteiger partial charge is 0.309 e.